The van der Waals surface area contributed by atoms with E-state index in [1.54, 1.807) is 6.20 Å². The first-order valence-electron chi connectivity index (χ1n) is 7.68. The van der Waals surface area contributed by atoms with E-state index in [-0.39, 0.29) is 17.9 Å². The Kier molecular flexibility index (Phi) is 4.51. The average molecular weight is 327 g/mol. The Morgan fingerprint density at radius 2 is 1.78 bits per heavy atom. The summed E-state index contributed by atoms with van der Waals surface area (Å²) in [5.74, 6) is 0.0707. The molecule has 1 aromatic heterocycles. The summed E-state index contributed by atoms with van der Waals surface area (Å²) in [5.41, 5.74) is 2.68. The van der Waals surface area contributed by atoms with Gasteiger partial charge in [-0.2, -0.15) is 0 Å². The Labute approximate surface area is 140 Å². The van der Waals surface area contributed by atoms with Crippen molar-refractivity contribution in [3.63, 3.8) is 0 Å². The normalized spacial score (nSPS) is 13.9. The molecule has 2 N–H and O–H groups in total. The van der Waals surface area contributed by atoms with Gasteiger partial charge in [-0.3, -0.25) is 4.79 Å². The molecule has 2 atom stereocenters. The maximum absolute atomic E-state index is 12.8. The molecule has 0 aliphatic carbocycles. The van der Waals surface area contributed by atoms with Crippen LogP contribution in [0.1, 0.15) is 35.8 Å². The Hall–Kier alpha value is -2.10. The molecule has 0 spiro atoms. The van der Waals surface area contributed by atoms with E-state index in [2.05, 4.69) is 10.3 Å². The molecule has 0 fully saturated rings. The molecule has 0 bridgehead atoms. The molecule has 0 aliphatic rings. The number of hydrogen-bond acceptors (Lipinski definition) is 2. The molecule has 4 heteroatoms. The maximum atomic E-state index is 12.8. The lowest BCUT2D eigenvalue weighted by molar-refractivity contribution is 0.0947. The van der Waals surface area contributed by atoms with Crippen LogP contribution in [0.4, 0.5) is 0 Å². The number of para-hydroxylation sites is 1. The smallest absolute Gasteiger partial charge is 0.181 e. The number of Topliss-reactive ketones (excluding diaryl/α,β-unsaturated/α-hetero) is 1. The Morgan fingerprint density at radius 3 is 2.57 bits per heavy atom. The first-order chi connectivity index (χ1) is 11.1. The fraction of sp³-hybridized carbons (Fsp3) is 0.211. The minimum Gasteiger partial charge on any atom is -0.360 e. The number of carbonyl (C=O) groups is 1. The molecule has 2 unspecified atom stereocenters. The molecule has 3 nitrogen and oxygen atoms in total. The highest BCUT2D eigenvalue weighted by molar-refractivity contribution is 6.31. The second-order valence-electron chi connectivity index (χ2n) is 5.74. The molecular weight excluding hydrogens is 308 g/mol. The average Bonchev–Trinajstić information content (AvgIpc) is 2.98. The van der Waals surface area contributed by atoms with Crippen molar-refractivity contribution in [3.8, 4) is 0 Å². The van der Waals surface area contributed by atoms with Crippen molar-refractivity contribution in [2.75, 3.05) is 0 Å². The van der Waals surface area contributed by atoms with Crippen molar-refractivity contribution in [1.29, 1.82) is 0 Å². The second kappa shape index (κ2) is 6.57. The van der Waals surface area contributed by atoms with Gasteiger partial charge in [0.25, 0.3) is 0 Å². The van der Waals surface area contributed by atoms with Crippen LogP contribution in [0.5, 0.6) is 0 Å². The second-order valence-corrected chi connectivity index (χ2v) is 6.15. The van der Waals surface area contributed by atoms with Gasteiger partial charge in [0.2, 0.25) is 0 Å². The summed E-state index contributed by atoms with van der Waals surface area (Å²) >= 11 is 6.23. The largest absolute Gasteiger partial charge is 0.360 e. The molecule has 0 amide bonds. The van der Waals surface area contributed by atoms with E-state index in [9.17, 15) is 4.79 Å². The quantitative estimate of drug-likeness (QED) is 0.665. The summed E-state index contributed by atoms with van der Waals surface area (Å²) < 4.78 is 0. The Balaban J connectivity index is 1.79. The first kappa shape index (κ1) is 15.8. The zero-order chi connectivity index (χ0) is 16.4. The fourth-order valence-electron chi connectivity index (χ4n) is 2.88. The van der Waals surface area contributed by atoms with Gasteiger partial charge in [0.05, 0.1) is 6.04 Å². The molecule has 2 aromatic carbocycles. The summed E-state index contributed by atoms with van der Waals surface area (Å²) in [6.07, 6.45) is 1.78. The SMILES string of the molecule is CC(NC(C)c1ccccc1Cl)C(=O)c1c[nH]c2ccccc12. The van der Waals surface area contributed by atoms with Crippen LogP contribution in [-0.4, -0.2) is 16.8 Å². The zero-order valence-electron chi connectivity index (χ0n) is 13.1. The van der Waals surface area contributed by atoms with E-state index in [1.807, 2.05) is 62.4 Å². The molecule has 3 rings (SSSR count). The van der Waals surface area contributed by atoms with Gasteiger partial charge in [-0.05, 0) is 31.5 Å². The van der Waals surface area contributed by atoms with Gasteiger partial charge in [0.1, 0.15) is 0 Å². The van der Waals surface area contributed by atoms with E-state index < -0.39 is 0 Å². The maximum Gasteiger partial charge on any atom is 0.181 e. The van der Waals surface area contributed by atoms with Gasteiger partial charge < -0.3 is 10.3 Å². The number of halogens is 1. The summed E-state index contributed by atoms with van der Waals surface area (Å²) in [5, 5.41) is 5.00. The lowest BCUT2D eigenvalue weighted by atomic mass is 10.0. The van der Waals surface area contributed by atoms with Crippen LogP contribution >= 0.6 is 11.6 Å². The van der Waals surface area contributed by atoms with Crippen molar-refractivity contribution >= 4 is 28.3 Å². The van der Waals surface area contributed by atoms with E-state index in [4.69, 9.17) is 11.6 Å². The summed E-state index contributed by atoms with van der Waals surface area (Å²) in [4.78, 5) is 15.9. The monoisotopic (exact) mass is 326 g/mol. The number of fused-ring (bicyclic) bond motifs is 1. The van der Waals surface area contributed by atoms with Crippen LogP contribution in [0, 0.1) is 0 Å². The van der Waals surface area contributed by atoms with Crippen LogP contribution in [0.2, 0.25) is 5.02 Å². The molecule has 0 aliphatic heterocycles. The van der Waals surface area contributed by atoms with Crippen molar-refractivity contribution < 1.29 is 4.79 Å². The van der Waals surface area contributed by atoms with Crippen LogP contribution in [0.3, 0.4) is 0 Å². The highest BCUT2D eigenvalue weighted by atomic mass is 35.5. The van der Waals surface area contributed by atoms with Crippen LogP contribution < -0.4 is 5.32 Å². The van der Waals surface area contributed by atoms with Crippen molar-refractivity contribution in [1.82, 2.24) is 10.3 Å². The third-order valence-corrected chi connectivity index (χ3v) is 4.46. The zero-order valence-corrected chi connectivity index (χ0v) is 13.9. The summed E-state index contributed by atoms with van der Waals surface area (Å²) in [6.45, 7) is 3.90. The van der Waals surface area contributed by atoms with E-state index >= 15 is 0 Å². The molecular formula is C19H19ClN2O. The predicted octanol–water partition coefficient (Wildman–Crippen LogP) is 4.74. The van der Waals surface area contributed by atoms with E-state index in [0.29, 0.717) is 10.6 Å². The third kappa shape index (κ3) is 3.16. The minimum absolute atomic E-state index is 0.00661. The highest BCUT2D eigenvalue weighted by Crippen LogP contribution is 2.24. The number of hydrogen-bond donors (Lipinski definition) is 2. The number of carbonyl (C=O) groups excluding carboxylic acids is 1. The van der Waals surface area contributed by atoms with Gasteiger partial charge in [0, 0.05) is 33.7 Å². The van der Waals surface area contributed by atoms with Crippen molar-refractivity contribution in [3.05, 3.63) is 70.9 Å². The topological polar surface area (TPSA) is 44.9 Å². The summed E-state index contributed by atoms with van der Waals surface area (Å²) in [6, 6.07) is 15.2. The van der Waals surface area contributed by atoms with Gasteiger partial charge in [-0.25, -0.2) is 0 Å². The van der Waals surface area contributed by atoms with Crippen molar-refractivity contribution in [2.45, 2.75) is 25.9 Å². The number of benzene rings is 2. The van der Waals surface area contributed by atoms with Crippen LogP contribution in [0.25, 0.3) is 10.9 Å². The van der Waals surface area contributed by atoms with Gasteiger partial charge in [-0.15, -0.1) is 0 Å². The van der Waals surface area contributed by atoms with Crippen LogP contribution in [0.15, 0.2) is 54.7 Å². The lowest BCUT2D eigenvalue weighted by Gasteiger charge is -2.20. The van der Waals surface area contributed by atoms with Gasteiger partial charge in [0.15, 0.2) is 5.78 Å². The first-order valence-corrected chi connectivity index (χ1v) is 8.06. The van der Waals surface area contributed by atoms with E-state index in [0.717, 1.165) is 16.5 Å². The Bertz CT molecular complexity index is 840. The molecule has 0 radical (unpaired) electrons. The number of aromatic nitrogens is 1. The number of H-pyrrole nitrogens is 1. The fourth-order valence-corrected chi connectivity index (χ4v) is 3.17. The highest BCUT2D eigenvalue weighted by Gasteiger charge is 2.21. The predicted molar refractivity (Wildman–Crippen MR) is 95.1 cm³/mol. The molecule has 118 valence electrons. The van der Waals surface area contributed by atoms with Crippen LogP contribution in [-0.2, 0) is 0 Å². The lowest BCUT2D eigenvalue weighted by Crippen LogP contribution is -2.35. The van der Waals surface area contributed by atoms with Crippen molar-refractivity contribution in [2.24, 2.45) is 0 Å². The van der Waals surface area contributed by atoms with Gasteiger partial charge in [-0.1, -0.05) is 48.0 Å². The Morgan fingerprint density at radius 1 is 1.09 bits per heavy atom. The number of nitrogens with one attached hydrogen (secondary N) is 2. The molecule has 23 heavy (non-hydrogen) atoms. The van der Waals surface area contributed by atoms with Gasteiger partial charge >= 0.3 is 0 Å². The van der Waals surface area contributed by atoms with E-state index in [1.165, 1.54) is 0 Å². The molecule has 3 aromatic rings. The number of ketones is 1. The molecule has 0 saturated carbocycles. The standard InChI is InChI=1S/C19H19ClN2O/c1-12(14-7-3-5-9-17(14)20)22-13(2)19(23)16-11-21-18-10-6-4-8-15(16)18/h3-13,21-22H,1-2H3. The number of aromatic amines is 1. The molecule has 1 heterocycles. The third-order valence-electron chi connectivity index (χ3n) is 4.12. The summed E-state index contributed by atoms with van der Waals surface area (Å²) in [7, 11) is 0. The number of rotatable bonds is 5. The molecule has 0 saturated heterocycles. The minimum atomic E-state index is -0.305.